The normalized spacial score (nSPS) is 18.1. The van der Waals surface area contributed by atoms with Crippen LogP contribution in [0.25, 0.3) is 0 Å². The SMILES string of the molecule is NCC(Cc1ccc(F)cc1)CC1Cc2ccccc2O1. The Kier molecular flexibility index (Phi) is 4.20. The van der Waals surface area contributed by atoms with Crippen LogP contribution in [0, 0.1) is 11.7 Å². The fraction of sp³-hybridized carbons (Fsp3) is 0.333. The molecule has 0 saturated carbocycles. The standard InChI is InChI=1S/C18H20FNO/c19-16-7-5-13(6-8-16)9-14(12-20)10-17-11-15-3-1-2-4-18(15)21-17/h1-8,14,17H,9-12,20H2. The highest BCUT2D eigenvalue weighted by Gasteiger charge is 2.25. The molecule has 0 saturated heterocycles. The Balaban J connectivity index is 1.60. The van der Waals surface area contributed by atoms with E-state index in [0.29, 0.717) is 12.5 Å². The van der Waals surface area contributed by atoms with E-state index in [1.54, 1.807) is 0 Å². The highest BCUT2D eigenvalue weighted by molar-refractivity contribution is 5.37. The fourth-order valence-corrected chi connectivity index (χ4v) is 2.97. The lowest BCUT2D eigenvalue weighted by Crippen LogP contribution is -2.25. The zero-order valence-corrected chi connectivity index (χ0v) is 12.0. The van der Waals surface area contributed by atoms with E-state index in [0.717, 1.165) is 30.6 Å². The van der Waals surface area contributed by atoms with Crippen LogP contribution in [0.1, 0.15) is 17.5 Å². The number of nitrogens with two attached hydrogens (primary N) is 1. The van der Waals surface area contributed by atoms with Crippen molar-refractivity contribution in [1.82, 2.24) is 0 Å². The molecule has 2 atom stereocenters. The van der Waals surface area contributed by atoms with Crippen LogP contribution in [0.2, 0.25) is 0 Å². The quantitative estimate of drug-likeness (QED) is 0.914. The van der Waals surface area contributed by atoms with E-state index in [-0.39, 0.29) is 11.9 Å². The molecule has 1 aliphatic heterocycles. The van der Waals surface area contributed by atoms with Crippen LogP contribution in [0.5, 0.6) is 5.75 Å². The lowest BCUT2D eigenvalue weighted by Gasteiger charge is -2.19. The molecule has 3 heteroatoms. The summed E-state index contributed by atoms with van der Waals surface area (Å²) in [5.41, 5.74) is 8.31. The molecule has 2 N–H and O–H groups in total. The summed E-state index contributed by atoms with van der Waals surface area (Å²) in [6, 6.07) is 14.9. The first-order chi connectivity index (χ1) is 10.2. The number of benzene rings is 2. The van der Waals surface area contributed by atoms with Crippen LogP contribution in [0.3, 0.4) is 0 Å². The van der Waals surface area contributed by atoms with Crippen molar-refractivity contribution in [3.63, 3.8) is 0 Å². The second kappa shape index (κ2) is 6.27. The summed E-state index contributed by atoms with van der Waals surface area (Å²) in [5.74, 6) is 1.16. The van der Waals surface area contributed by atoms with Gasteiger partial charge in [-0.2, -0.15) is 0 Å². The molecule has 0 amide bonds. The Labute approximate surface area is 124 Å². The van der Waals surface area contributed by atoms with Crippen LogP contribution < -0.4 is 10.5 Å². The summed E-state index contributed by atoms with van der Waals surface area (Å²) in [7, 11) is 0. The second-order valence-corrected chi connectivity index (χ2v) is 5.72. The van der Waals surface area contributed by atoms with E-state index in [9.17, 15) is 4.39 Å². The van der Waals surface area contributed by atoms with Gasteiger partial charge in [0.2, 0.25) is 0 Å². The van der Waals surface area contributed by atoms with Crippen LogP contribution in [0.4, 0.5) is 4.39 Å². The number of rotatable bonds is 5. The van der Waals surface area contributed by atoms with Crippen molar-refractivity contribution in [2.24, 2.45) is 11.7 Å². The zero-order chi connectivity index (χ0) is 14.7. The third-order valence-corrected chi connectivity index (χ3v) is 4.08. The number of ether oxygens (including phenoxy) is 1. The Morgan fingerprint density at radius 3 is 2.62 bits per heavy atom. The predicted octanol–water partition coefficient (Wildman–Crippen LogP) is 3.34. The number of hydrogen-bond donors (Lipinski definition) is 1. The maximum Gasteiger partial charge on any atom is 0.123 e. The van der Waals surface area contributed by atoms with E-state index in [1.165, 1.54) is 17.7 Å². The van der Waals surface area contributed by atoms with Gasteiger partial charge in [-0.1, -0.05) is 30.3 Å². The first-order valence-corrected chi connectivity index (χ1v) is 7.43. The first kappa shape index (κ1) is 14.1. The summed E-state index contributed by atoms with van der Waals surface area (Å²) < 4.78 is 18.9. The van der Waals surface area contributed by atoms with Gasteiger partial charge in [0.05, 0.1) is 0 Å². The summed E-state index contributed by atoms with van der Waals surface area (Å²) in [6.07, 6.45) is 2.96. The zero-order valence-electron chi connectivity index (χ0n) is 12.0. The Morgan fingerprint density at radius 2 is 1.90 bits per heavy atom. The lowest BCUT2D eigenvalue weighted by atomic mass is 9.92. The van der Waals surface area contributed by atoms with Gasteiger partial charge in [-0.05, 0) is 54.6 Å². The monoisotopic (exact) mass is 285 g/mol. The topological polar surface area (TPSA) is 35.2 Å². The van der Waals surface area contributed by atoms with Crippen molar-refractivity contribution < 1.29 is 9.13 Å². The molecule has 1 heterocycles. The minimum absolute atomic E-state index is 0.197. The molecule has 0 aromatic heterocycles. The maximum absolute atomic E-state index is 12.9. The van der Waals surface area contributed by atoms with Crippen LogP contribution >= 0.6 is 0 Å². The van der Waals surface area contributed by atoms with Gasteiger partial charge < -0.3 is 10.5 Å². The number of halogens is 1. The molecule has 1 aliphatic rings. The fourth-order valence-electron chi connectivity index (χ4n) is 2.97. The third kappa shape index (κ3) is 3.42. The summed E-state index contributed by atoms with van der Waals surface area (Å²) in [5, 5.41) is 0. The minimum Gasteiger partial charge on any atom is -0.490 e. The van der Waals surface area contributed by atoms with Crippen molar-refractivity contribution in [2.75, 3.05) is 6.54 Å². The largest absolute Gasteiger partial charge is 0.490 e. The molecular formula is C18H20FNO. The van der Waals surface area contributed by atoms with Gasteiger partial charge in [-0.3, -0.25) is 0 Å². The van der Waals surface area contributed by atoms with Crippen molar-refractivity contribution in [3.8, 4) is 5.75 Å². The van der Waals surface area contributed by atoms with Gasteiger partial charge >= 0.3 is 0 Å². The number of fused-ring (bicyclic) bond motifs is 1. The van der Waals surface area contributed by atoms with Crippen molar-refractivity contribution in [3.05, 3.63) is 65.5 Å². The molecule has 0 radical (unpaired) electrons. The summed E-state index contributed by atoms with van der Waals surface area (Å²) in [4.78, 5) is 0. The van der Waals surface area contributed by atoms with E-state index >= 15 is 0 Å². The molecule has 2 unspecified atom stereocenters. The van der Waals surface area contributed by atoms with Crippen LogP contribution in [-0.4, -0.2) is 12.6 Å². The molecule has 21 heavy (non-hydrogen) atoms. The van der Waals surface area contributed by atoms with Gasteiger partial charge in [0.15, 0.2) is 0 Å². The van der Waals surface area contributed by atoms with Crippen molar-refractivity contribution >= 4 is 0 Å². The van der Waals surface area contributed by atoms with E-state index in [1.807, 2.05) is 30.3 Å². The van der Waals surface area contributed by atoms with Crippen LogP contribution in [-0.2, 0) is 12.8 Å². The average molecular weight is 285 g/mol. The van der Waals surface area contributed by atoms with Crippen molar-refractivity contribution in [2.45, 2.75) is 25.4 Å². The van der Waals surface area contributed by atoms with E-state index in [4.69, 9.17) is 10.5 Å². The van der Waals surface area contributed by atoms with E-state index < -0.39 is 0 Å². The van der Waals surface area contributed by atoms with Gasteiger partial charge in [0.25, 0.3) is 0 Å². The Hall–Kier alpha value is -1.87. The minimum atomic E-state index is -0.197. The summed E-state index contributed by atoms with van der Waals surface area (Å²) >= 11 is 0. The van der Waals surface area contributed by atoms with Crippen LogP contribution in [0.15, 0.2) is 48.5 Å². The highest BCUT2D eigenvalue weighted by Crippen LogP contribution is 2.31. The number of hydrogen-bond acceptors (Lipinski definition) is 2. The highest BCUT2D eigenvalue weighted by atomic mass is 19.1. The molecule has 110 valence electrons. The molecule has 0 bridgehead atoms. The van der Waals surface area contributed by atoms with Gasteiger partial charge in [-0.15, -0.1) is 0 Å². The second-order valence-electron chi connectivity index (χ2n) is 5.72. The van der Waals surface area contributed by atoms with Gasteiger partial charge in [-0.25, -0.2) is 4.39 Å². The average Bonchev–Trinajstić information content (AvgIpc) is 2.91. The Bertz CT molecular complexity index is 571. The molecule has 0 aliphatic carbocycles. The summed E-state index contributed by atoms with van der Waals surface area (Å²) in [6.45, 7) is 0.619. The maximum atomic E-state index is 12.9. The first-order valence-electron chi connectivity index (χ1n) is 7.43. The molecular weight excluding hydrogens is 265 g/mol. The molecule has 2 aromatic rings. The third-order valence-electron chi connectivity index (χ3n) is 4.08. The molecule has 0 spiro atoms. The number of para-hydroxylation sites is 1. The van der Waals surface area contributed by atoms with Crippen molar-refractivity contribution in [1.29, 1.82) is 0 Å². The van der Waals surface area contributed by atoms with E-state index in [2.05, 4.69) is 6.07 Å². The molecule has 0 fully saturated rings. The molecule has 2 nitrogen and oxygen atoms in total. The smallest absolute Gasteiger partial charge is 0.123 e. The predicted molar refractivity (Wildman–Crippen MR) is 81.8 cm³/mol. The molecule has 2 aromatic carbocycles. The van der Waals surface area contributed by atoms with Gasteiger partial charge in [0.1, 0.15) is 17.7 Å². The Morgan fingerprint density at radius 1 is 1.14 bits per heavy atom. The molecule has 3 rings (SSSR count). The lowest BCUT2D eigenvalue weighted by molar-refractivity contribution is 0.194. The van der Waals surface area contributed by atoms with Gasteiger partial charge in [0, 0.05) is 6.42 Å².